The summed E-state index contributed by atoms with van der Waals surface area (Å²) in [6, 6.07) is 15.3. The van der Waals surface area contributed by atoms with E-state index >= 15 is 0 Å². The van der Waals surface area contributed by atoms with Gasteiger partial charge in [0.05, 0.1) is 13.1 Å². The number of nitriles is 3. The summed E-state index contributed by atoms with van der Waals surface area (Å²) in [4.78, 5) is 33.2. The van der Waals surface area contributed by atoms with E-state index in [1.165, 1.54) is 23.5 Å². The molecule has 424 valence electrons. The van der Waals surface area contributed by atoms with Gasteiger partial charge in [-0.05, 0) is 35.4 Å². The van der Waals surface area contributed by atoms with Gasteiger partial charge >= 0.3 is 29.6 Å². The van der Waals surface area contributed by atoms with Crippen molar-refractivity contribution < 1.29 is 74.6 Å². The van der Waals surface area contributed by atoms with Crippen LogP contribution in [0.5, 0.6) is 0 Å². The zero-order valence-corrected chi connectivity index (χ0v) is 48.9. The Morgan fingerprint density at radius 3 is 1.17 bits per heavy atom. The molecule has 2 aromatic carbocycles. The maximum atomic E-state index is 13.1. The summed E-state index contributed by atoms with van der Waals surface area (Å²) >= 11 is 6.75. The molecule has 0 amide bonds. The number of nitrogens with two attached hydrogens (primary N) is 5. The quantitative estimate of drug-likeness (QED) is 0.0734. The van der Waals surface area contributed by atoms with Crippen molar-refractivity contribution >= 4 is 92.4 Å². The maximum absolute atomic E-state index is 13.1. The molecule has 0 bridgehead atoms. The maximum Gasteiger partial charge on any atom is 1.00 e. The Hall–Kier alpha value is -5.13. The van der Waals surface area contributed by atoms with Gasteiger partial charge in [0.1, 0.15) is 0 Å². The van der Waals surface area contributed by atoms with Gasteiger partial charge in [-0.1, -0.05) is 56.1 Å². The van der Waals surface area contributed by atoms with Gasteiger partial charge in [0.15, 0.2) is 11.9 Å². The number of hydrogen-bond donors (Lipinski definition) is 7. The number of carboxylic acids is 1. The van der Waals surface area contributed by atoms with Crippen molar-refractivity contribution in [1.29, 1.82) is 15.8 Å². The van der Waals surface area contributed by atoms with Crippen molar-refractivity contribution in [3.8, 4) is 18.6 Å². The first kappa shape index (κ1) is 76.1. The summed E-state index contributed by atoms with van der Waals surface area (Å²) in [7, 11) is 0. The molecule has 0 spiro atoms. The zero-order valence-electron chi connectivity index (χ0n) is 42.1. The van der Waals surface area contributed by atoms with Gasteiger partial charge in [0.2, 0.25) is 24.1 Å². The number of alkyl halides is 8. The van der Waals surface area contributed by atoms with Crippen LogP contribution in [0.1, 0.15) is 69.4 Å². The molecule has 0 radical (unpaired) electrons. The topological polar surface area (TPSA) is 336 Å². The van der Waals surface area contributed by atoms with Crippen molar-refractivity contribution in [3.05, 3.63) is 73.9 Å². The first-order valence-electron chi connectivity index (χ1n) is 22.3. The van der Waals surface area contributed by atoms with Crippen LogP contribution in [0.2, 0.25) is 0 Å². The molecule has 4 heterocycles. The molecule has 2 aromatic rings. The van der Waals surface area contributed by atoms with E-state index in [1.54, 1.807) is 9.80 Å². The number of benzene rings is 2. The number of nitrogens with zero attached hydrogens (tertiary/aromatic N) is 12. The number of guanidine groups is 5. The van der Waals surface area contributed by atoms with Crippen LogP contribution < -0.4 is 63.5 Å². The molecule has 0 aliphatic carbocycles. The van der Waals surface area contributed by atoms with Crippen LogP contribution in [-0.4, -0.2) is 132 Å². The summed E-state index contributed by atoms with van der Waals surface area (Å²) in [5, 5.41) is 35.9. The fourth-order valence-electron chi connectivity index (χ4n) is 6.19. The first-order chi connectivity index (χ1) is 34.6. The van der Waals surface area contributed by atoms with Crippen LogP contribution in [0.4, 0.5) is 35.1 Å². The molecule has 6 rings (SSSR count). The normalized spacial score (nSPS) is 18.3. The van der Waals surface area contributed by atoms with Crippen LogP contribution in [0, 0.1) is 34.4 Å². The molecule has 4 aliphatic heterocycles. The summed E-state index contributed by atoms with van der Waals surface area (Å²) in [5.74, 6) is -10.7. The van der Waals surface area contributed by atoms with Gasteiger partial charge in [-0.2, -0.15) is 15.2 Å². The number of aliphatic imine (C=N–C) groups is 5. The third-order valence-corrected chi connectivity index (χ3v) is 11.1. The Morgan fingerprint density at radius 1 is 0.623 bits per heavy atom. The minimum atomic E-state index is -2.61. The fourth-order valence-corrected chi connectivity index (χ4v) is 7.08. The van der Waals surface area contributed by atoms with E-state index in [2.05, 4.69) is 67.5 Å². The molecular formula is C44H61Br2Cl2F8N18NaO2. The third-order valence-electron chi connectivity index (χ3n) is 10.1. The number of aliphatic carboxylic acids is 1. The van der Waals surface area contributed by atoms with Crippen LogP contribution in [0.15, 0.2) is 82.4 Å². The van der Waals surface area contributed by atoms with Gasteiger partial charge in [-0.3, -0.25) is 10.1 Å². The molecule has 0 saturated carbocycles. The predicted molar refractivity (Wildman–Crippen MR) is 286 cm³/mol. The van der Waals surface area contributed by atoms with Crippen LogP contribution in [0.3, 0.4) is 0 Å². The smallest absolute Gasteiger partial charge is 0.481 e. The minimum absolute atomic E-state index is 0. The molecule has 33 heteroatoms. The monoisotopic (exact) mass is 1280 g/mol. The molecule has 0 aromatic heterocycles. The van der Waals surface area contributed by atoms with E-state index < -0.39 is 29.7 Å². The minimum Gasteiger partial charge on any atom is -0.481 e. The number of piperidine rings is 4. The molecule has 0 atom stereocenters. The van der Waals surface area contributed by atoms with Crippen molar-refractivity contribution in [2.45, 2.75) is 95.1 Å². The van der Waals surface area contributed by atoms with E-state index in [0.29, 0.717) is 26.2 Å². The summed E-state index contributed by atoms with van der Waals surface area (Å²) in [6.07, 6.45) is 2.75. The number of rotatable bonds is 4. The second kappa shape index (κ2) is 39.3. The number of carboxylic acid groups (broad SMARTS) is 1. The van der Waals surface area contributed by atoms with E-state index in [1.807, 2.05) is 48.5 Å². The second-order valence-electron chi connectivity index (χ2n) is 16.1. The average molecular weight is 1280 g/mol. The Morgan fingerprint density at radius 2 is 0.922 bits per heavy atom. The number of nitrogens with one attached hydrogen (secondary N) is 1. The van der Waals surface area contributed by atoms with Crippen LogP contribution in [0.25, 0.3) is 5.32 Å². The van der Waals surface area contributed by atoms with Gasteiger partial charge in [-0.25, -0.2) is 45.1 Å². The van der Waals surface area contributed by atoms with Gasteiger partial charge < -0.3 is 64.3 Å². The van der Waals surface area contributed by atoms with Gasteiger partial charge in [0, 0.05) is 132 Å². The van der Waals surface area contributed by atoms with Gasteiger partial charge in [0.25, 0.3) is 29.7 Å². The molecule has 4 fully saturated rings. The molecule has 4 saturated heterocycles. The van der Waals surface area contributed by atoms with Crippen LogP contribution in [-0.2, 0) is 17.9 Å². The largest absolute Gasteiger partial charge is 1.00 e. The number of hydrogen-bond acceptors (Lipinski definition) is 8. The molecule has 77 heavy (non-hydrogen) atoms. The van der Waals surface area contributed by atoms with Crippen molar-refractivity contribution in [2.24, 2.45) is 53.6 Å². The van der Waals surface area contributed by atoms with E-state index in [0.717, 1.165) is 27.0 Å². The Labute approximate surface area is 493 Å². The van der Waals surface area contributed by atoms with E-state index in [9.17, 15) is 35.1 Å². The van der Waals surface area contributed by atoms with Crippen molar-refractivity contribution in [1.82, 2.24) is 20.0 Å². The third kappa shape index (κ3) is 36.6. The first-order valence-corrected chi connectivity index (χ1v) is 23.8. The molecule has 12 N–H and O–H groups in total. The van der Waals surface area contributed by atoms with E-state index in [4.69, 9.17) is 54.4 Å². The number of likely N-dealkylation sites (tertiary alicyclic amines) is 3. The Bertz CT molecular complexity index is 2220. The second-order valence-corrected chi connectivity index (χ2v) is 17.9. The SMILES string of the molecule is CC(=O)O.Cl.Cl.FC1(F)CCNCC1.N#CN=C(N)N1CCC(F)(F)CC1.N#C[N-]C#N.NC(=NCc1cccc(Br)c1)N=C(N)N1CCC(F)(F)CC1.NC(=NCc1cccc(Br)c1)N=C(N)N1CCC(F)(F)CC1.[Na+]. The average Bonchev–Trinajstić information content (AvgIpc) is 3.31. The standard InChI is InChI=1S/2C14H18BrF2N5.C7H10F2N4.C5H9F2N.C2N3.C2H4O2.2ClH.Na/c2*15-11-3-1-2-10(8-11)9-20-12(18)21-13(19)22-6-4-14(16,17)5-7-22;8-7(9)1-3-13(4-2-7)6(11)12-5-10;6-5(7)1-3-8-4-2-5;3-1-5-2-4;1-2(3)4;;;/h2*1-3,8H,4-7,9H2,(H4,18,19,20,21);1-4H2,(H2,11,12);8H,1-4H2;;1H3,(H,3,4);2*1H;/q;;;;-1;;;;+1. The zero-order chi connectivity index (χ0) is 56.0. The summed E-state index contributed by atoms with van der Waals surface area (Å²) in [6.45, 7) is 3.75. The predicted octanol–water partition coefficient (Wildman–Crippen LogP) is 4.40. The Balaban J connectivity index is -0.000000927. The summed E-state index contributed by atoms with van der Waals surface area (Å²) < 4.78 is 104. The number of carbonyl (C=O) groups is 1. The van der Waals surface area contributed by atoms with Crippen molar-refractivity contribution in [2.75, 3.05) is 52.4 Å². The summed E-state index contributed by atoms with van der Waals surface area (Å²) in [5.41, 5.74) is 30.3. The Kier molecular flexibility index (Phi) is 38.8. The van der Waals surface area contributed by atoms with Crippen molar-refractivity contribution in [3.63, 3.8) is 0 Å². The molecule has 20 nitrogen and oxygen atoms in total. The number of halogens is 12. The van der Waals surface area contributed by atoms with E-state index in [-0.39, 0.29) is 175 Å². The molecule has 0 unspecified atom stereocenters. The molecular weight excluding hydrogens is 1220 g/mol. The van der Waals surface area contributed by atoms with Crippen LogP contribution >= 0.6 is 56.7 Å². The van der Waals surface area contributed by atoms with Gasteiger partial charge in [-0.15, -0.1) is 29.8 Å². The fraction of sp³-hybridized carbons (Fsp3) is 0.523. The molecule has 4 aliphatic rings.